The summed E-state index contributed by atoms with van der Waals surface area (Å²) >= 11 is 0. The van der Waals surface area contributed by atoms with Crippen LogP contribution in [-0.2, 0) is 6.54 Å². The van der Waals surface area contributed by atoms with E-state index in [1.165, 1.54) is 25.7 Å². The first-order valence-corrected chi connectivity index (χ1v) is 5.60. The van der Waals surface area contributed by atoms with Crippen molar-refractivity contribution < 1.29 is 0 Å². The van der Waals surface area contributed by atoms with Gasteiger partial charge in [-0.25, -0.2) is 9.97 Å². The molecule has 0 fully saturated rings. The largest absolute Gasteiger partial charge is 0.320 e. The van der Waals surface area contributed by atoms with Crippen LogP contribution < -0.4 is 0 Å². The first-order chi connectivity index (χ1) is 7.42. The molecule has 3 nitrogen and oxygen atoms in total. The van der Waals surface area contributed by atoms with E-state index in [4.69, 9.17) is 0 Å². The van der Waals surface area contributed by atoms with Gasteiger partial charge in [0.2, 0.25) is 0 Å². The topological polar surface area (TPSA) is 30.7 Å². The quantitative estimate of drug-likeness (QED) is 0.698. The van der Waals surface area contributed by atoms with Crippen LogP contribution in [0.1, 0.15) is 32.6 Å². The Balaban J connectivity index is 2.02. The molecule has 79 valence electrons. The lowest BCUT2D eigenvalue weighted by atomic mass is 10.2. The first kappa shape index (κ1) is 10.1. The van der Waals surface area contributed by atoms with Crippen molar-refractivity contribution in [2.75, 3.05) is 0 Å². The lowest BCUT2D eigenvalue weighted by Gasteiger charge is -2.02. The van der Waals surface area contributed by atoms with Gasteiger partial charge in [-0.15, -0.1) is 0 Å². The molecule has 0 saturated heterocycles. The monoisotopic (exact) mass is 202 g/mol. The van der Waals surface area contributed by atoms with Crippen molar-refractivity contribution in [1.29, 1.82) is 0 Å². The summed E-state index contributed by atoms with van der Waals surface area (Å²) in [4.78, 5) is 8.33. The van der Waals surface area contributed by atoms with Gasteiger partial charge in [0, 0.05) is 12.7 Å². The number of pyridine rings is 1. The zero-order valence-corrected chi connectivity index (χ0v) is 9.11. The van der Waals surface area contributed by atoms with Crippen molar-refractivity contribution in [3.8, 4) is 0 Å². The maximum absolute atomic E-state index is 4.18. The summed E-state index contributed by atoms with van der Waals surface area (Å²) < 4.78 is 2.07. The molecule has 0 aromatic carbocycles. The van der Waals surface area contributed by atoms with Crippen molar-refractivity contribution in [2.24, 2.45) is 0 Å². The van der Waals surface area contributed by atoms with Gasteiger partial charge in [-0.3, -0.25) is 0 Å². The Labute approximate surface area is 90.2 Å². The van der Waals surface area contributed by atoms with Gasteiger partial charge in [-0.1, -0.05) is 26.2 Å². The molecule has 3 heteroatoms. The number of nitrogens with zero attached hydrogens (tertiary/aromatic N) is 3. The van der Waals surface area contributed by atoms with E-state index in [2.05, 4.69) is 27.8 Å². The highest BCUT2D eigenvalue weighted by Crippen LogP contribution is 2.10. The molecule has 0 spiro atoms. The van der Waals surface area contributed by atoms with Gasteiger partial charge in [0.1, 0.15) is 0 Å². The summed E-state index contributed by atoms with van der Waals surface area (Å²) in [6, 6.07) is 3.99. The van der Waals surface area contributed by atoms with Crippen LogP contribution in [0.3, 0.4) is 0 Å². The molecule has 2 rings (SSSR count). The van der Waals surface area contributed by atoms with E-state index in [1.807, 2.05) is 12.1 Å². The van der Waals surface area contributed by atoms with E-state index in [9.17, 15) is 0 Å². The van der Waals surface area contributed by atoms with Gasteiger partial charge in [0.05, 0.1) is 5.52 Å². The maximum atomic E-state index is 4.18. The van der Waals surface area contributed by atoms with Crippen LogP contribution in [0, 0.1) is 6.33 Å². The first-order valence-electron chi connectivity index (χ1n) is 5.60. The number of hydrogen-bond donors (Lipinski definition) is 0. The Hall–Kier alpha value is -1.38. The van der Waals surface area contributed by atoms with Crippen LogP contribution in [0.5, 0.6) is 0 Å². The third kappa shape index (κ3) is 2.35. The summed E-state index contributed by atoms with van der Waals surface area (Å²) in [6.45, 7) is 3.23. The number of aromatic nitrogens is 3. The molecule has 0 aliphatic rings. The van der Waals surface area contributed by atoms with E-state index in [0.29, 0.717) is 0 Å². The van der Waals surface area contributed by atoms with E-state index in [-0.39, 0.29) is 0 Å². The van der Waals surface area contributed by atoms with E-state index < -0.39 is 0 Å². The third-order valence-corrected chi connectivity index (χ3v) is 2.57. The Morgan fingerprint density at radius 1 is 1.33 bits per heavy atom. The molecule has 0 saturated carbocycles. The predicted molar refractivity (Wildman–Crippen MR) is 60.5 cm³/mol. The molecule has 2 aromatic heterocycles. The summed E-state index contributed by atoms with van der Waals surface area (Å²) in [5.74, 6) is 0. The second-order valence-electron chi connectivity index (χ2n) is 3.77. The molecule has 2 aromatic rings. The van der Waals surface area contributed by atoms with Crippen molar-refractivity contribution in [3.63, 3.8) is 0 Å². The fourth-order valence-electron chi connectivity index (χ4n) is 1.71. The summed E-state index contributed by atoms with van der Waals surface area (Å²) in [5.41, 5.74) is 1.89. The molecule has 0 aliphatic heterocycles. The fraction of sp³-hybridized carbons (Fsp3) is 0.500. The Kier molecular flexibility index (Phi) is 3.33. The van der Waals surface area contributed by atoms with E-state index in [0.717, 1.165) is 17.7 Å². The summed E-state index contributed by atoms with van der Waals surface area (Å²) in [5, 5.41) is 0. The van der Waals surface area contributed by atoms with Gasteiger partial charge in [0.25, 0.3) is 0 Å². The molecule has 1 radical (unpaired) electrons. The standard InChI is InChI=1S/C12H16N3/c1-2-3-4-5-9-15-10-14-12-11(15)7-6-8-13-12/h6-8H,2-5,9H2,1H3. The average Bonchev–Trinajstić information content (AvgIpc) is 2.68. The Morgan fingerprint density at radius 2 is 2.27 bits per heavy atom. The van der Waals surface area contributed by atoms with E-state index in [1.54, 1.807) is 6.20 Å². The van der Waals surface area contributed by atoms with Crippen LogP contribution in [0.4, 0.5) is 0 Å². The minimum Gasteiger partial charge on any atom is -0.320 e. The number of imidazole rings is 1. The summed E-state index contributed by atoms with van der Waals surface area (Å²) in [7, 11) is 0. The van der Waals surface area contributed by atoms with Gasteiger partial charge in [-0.05, 0) is 18.6 Å². The summed E-state index contributed by atoms with van der Waals surface area (Å²) in [6.07, 6.45) is 9.83. The van der Waals surface area contributed by atoms with Crippen LogP contribution in [0.25, 0.3) is 11.2 Å². The van der Waals surface area contributed by atoms with Crippen molar-refractivity contribution in [2.45, 2.75) is 39.2 Å². The van der Waals surface area contributed by atoms with Gasteiger partial charge in [0.15, 0.2) is 12.0 Å². The second kappa shape index (κ2) is 4.91. The molecular weight excluding hydrogens is 186 g/mol. The number of fused-ring (bicyclic) bond motifs is 1. The highest BCUT2D eigenvalue weighted by atomic mass is 15.1. The normalized spacial score (nSPS) is 11.0. The third-order valence-electron chi connectivity index (χ3n) is 2.57. The van der Waals surface area contributed by atoms with Gasteiger partial charge in [-0.2, -0.15) is 0 Å². The molecule has 15 heavy (non-hydrogen) atoms. The number of rotatable bonds is 5. The predicted octanol–water partition coefficient (Wildman–Crippen LogP) is 2.81. The smallest absolute Gasteiger partial charge is 0.179 e. The van der Waals surface area contributed by atoms with E-state index >= 15 is 0 Å². The Morgan fingerprint density at radius 3 is 3.13 bits per heavy atom. The zero-order valence-electron chi connectivity index (χ0n) is 9.11. The highest BCUT2D eigenvalue weighted by Gasteiger charge is 2.01. The molecule has 0 aliphatic carbocycles. The average molecular weight is 202 g/mol. The Bertz CT molecular complexity index is 419. The number of unbranched alkanes of at least 4 members (excludes halogenated alkanes) is 3. The van der Waals surface area contributed by atoms with Crippen LogP contribution >= 0.6 is 0 Å². The van der Waals surface area contributed by atoms with Gasteiger partial charge < -0.3 is 4.57 Å². The molecule has 0 amide bonds. The highest BCUT2D eigenvalue weighted by molar-refractivity contribution is 5.69. The van der Waals surface area contributed by atoms with Crippen molar-refractivity contribution in [3.05, 3.63) is 24.7 Å². The lowest BCUT2D eigenvalue weighted by Crippen LogP contribution is -1.96. The SMILES string of the molecule is CCCCCCn1[c]nc2ncccc21. The maximum Gasteiger partial charge on any atom is 0.179 e. The number of hydrogen-bond acceptors (Lipinski definition) is 2. The van der Waals surface area contributed by atoms with Crippen molar-refractivity contribution in [1.82, 2.24) is 14.5 Å². The fourth-order valence-corrected chi connectivity index (χ4v) is 1.71. The minimum absolute atomic E-state index is 0.799. The molecule has 0 atom stereocenters. The van der Waals surface area contributed by atoms with Crippen LogP contribution in [0.2, 0.25) is 0 Å². The molecule has 0 unspecified atom stereocenters. The lowest BCUT2D eigenvalue weighted by molar-refractivity contribution is 0.589. The van der Waals surface area contributed by atoms with Gasteiger partial charge >= 0.3 is 0 Å². The van der Waals surface area contributed by atoms with Crippen LogP contribution in [-0.4, -0.2) is 14.5 Å². The van der Waals surface area contributed by atoms with Crippen LogP contribution in [0.15, 0.2) is 18.3 Å². The van der Waals surface area contributed by atoms with Crippen molar-refractivity contribution >= 4 is 11.2 Å². The second-order valence-corrected chi connectivity index (χ2v) is 3.77. The molecule has 0 N–H and O–H groups in total. The number of aryl methyl sites for hydroxylation is 1. The molecule has 0 bridgehead atoms. The molecular formula is C12H16N3. The minimum atomic E-state index is 0.799. The molecule has 2 heterocycles. The zero-order chi connectivity index (χ0) is 10.5.